The Labute approximate surface area is 187 Å². The van der Waals surface area contributed by atoms with Crippen molar-refractivity contribution < 1.29 is 26.0 Å². The Morgan fingerprint density at radius 2 is 1.85 bits per heavy atom. The Balaban J connectivity index is 1.83. The Kier molecular flexibility index (Phi) is 6.36. The lowest BCUT2D eigenvalue weighted by molar-refractivity contribution is 0.151. The van der Waals surface area contributed by atoms with Gasteiger partial charge in [0.1, 0.15) is 30.0 Å². The molecule has 0 bridgehead atoms. The van der Waals surface area contributed by atoms with E-state index < -0.39 is 40.7 Å². The van der Waals surface area contributed by atoms with Gasteiger partial charge in [0.2, 0.25) is 10.0 Å². The molecule has 0 amide bonds. The second-order valence-corrected chi connectivity index (χ2v) is 9.45. The highest BCUT2D eigenvalue weighted by Gasteiger charge is 2.30. The molecule has 3 aromatic rings. The van der Waals surface area contributed by atoms with Crippen LogP contribution in [0.3, 0.4) is 0 Å². The Morgan fingerprint density at radius 3 is 2.36 bits per heavy atom. The normalized spacial score (nSPS) is 14.7. The lowest BCUT2D eigenvalue weighted by Gasteiger charge is -2.29. The van der Waals surface area contributed by atoms with Crippen LogP contribution in [0, 0.1) is 11.3 Å². The van der Waals surface area contributed by atoms with E-state index in [1.807, 2.05) is 9.29 Å². The molecule has 1 N–H and O–H groups in total. The number of benzene rings is 1. The molecule has 0 unspecified atom stereocenters. The Morgan fingerprint density at radius 1 is 1.18 bits per heavy atom. The highest BCUT2D eigenvalue weighted by molar-refractivity contribution is 7.89. The summed E-state index contributed by atoms with van der Waals surface area (Å²) < 4.78 is 80.4. The predicted molar refractivity (Wildman–Crippen MR) is 112 cm³/mol. The summed E-state index contributed by atoms with van der Waals surface area (Å²) in [7, 11) is -4.27. The maximum atomic E-state index is 13.3. The SMILES string of the molecule is N#Cc1c(-c2ncc(S(=O)(=O)NC(CF)CF)cn2)n(C2CCC2)c2ccc(C(F)F)cc12. The van der Waals surface area contributed by atoms with E-state index in [-0.39, 0.29) is 23.0 Å². The second kappa shape index (κ2) is 9.07. The van der Waals surface area contributed by atoms with Gasteiger partial charge in [-0.1, -0.05) is 6.07 Å². The summed E-state index contributed by atoms with van der Waals surface area (Å²) in [5.41, 5.74) is 0.792. The molecule has 1 saturated carbocycles. The van der Waals surface area contributed by atoms with Gasteiger partial charge in [-0.2, -0.15) is 5.26 Å². The van der Waals surface area contributed by atoms with Crippen molar-refractivity contribution >= 4 is 20.9 Å². The molecular formula is C21H19F4N5O2S. The van der Waals surface area contributed by atoms with Crippen molar-refractivity contribution in [1.82, 2.24) is 19.3 Å². The molecule has 0 spiro atoms. The van der Waals surface area contributed by atoms with Crippen LogP contribution in [0.5, 0.6) is 0 Å². The summed E-state index contributed by atoms with van der Waals surface area (Å²) in [6.45, 7) is -2.44. The van der Waals surface area contributed by atoms with Gasteiger partial charge in [-0.05, 0) is 31.4 Å². The van der Waals surface area contributed by atoms with Gasteiger partial charge in [-0.25, -0.2) is 40.7 Å². The van der Waals surface area contributed by atoms with Crippen molar-refractivity contribution in [2.45, 2.75) is 42.7 Å². The maximum absolute atomic E-state index is 13.3. The summed E-state index contributed by atoms with van der Waals surface area (Å²) in [5.74, 6) is 0.0414. The molecular weight excluding hydrogens is 462 g/mol. The molecule has 0 radical (unpaired) electrons. The topological polar surface area (TPSA) is 101 Å². The van der Waals surface area contributed by atoms with Crippen molar-refractivity contribution in [1.29, 1.82) is 5.26 Å². The fourth-order valence-electron chi connectivity index (χ4n) is 3.79. The van der Waals surface area contributed by atoms with Crippen LogP contribution in [0.25, 0.3) is 22.4 Å². The molecule has 1 aliphatic carbocycles. The van der Waals surface area contributed by atoms with E-state index in [0.717, 1.165) is 31.7 Å². The van der Waals surface area contributed by atoms with Gasteiger partial charge >= 0.3 is 0 Å². The van der Waals surface area contributed by atoms with E-state index in [1.165, 1.54) is 18.2 Å². The molecule has 1 aromatic carbocycles. The predicted octanol–water partition coefficient (Wildman–Crippen LogP) is 4.22. The van der Waals surface area contributed by atoms with Gasteiger partial charge in [0.05, 0.1) is 29.5 Å². The van der Waals surface area contributed by atoms with Gasteiger partial charge in [0.15, 0.2) is 5.82 Å². The summed E-state index contributed by atoms with van der Waals surface area (Å²) in [5, 5.41) is 10.2. The molecule has 1 fully saturated rings. The van der Waals surface area contributed by atoms with Crippen molar-refractivity contribution in [3.05, 3.63) is 41.7 Å². The molecule has 4 rings (SSSR count). The lowest BCUT2D eigenvalue weighted by atomic mass is 9.92. The number of fused-ring (bicyclic) bond motifs is 1. The van der Waals surface area contributed by atoms with Crippen LogP contribution >= 0.6 is 0 Å². The average Bonchev–Trinajstić information content (AvgIpc) is 3.09. The van der Waals surface area contributed by atoms with Gasteiger partial charge in [-0.3, -0.25) is 0 Å². The zero-order valence-electron chi connectivity index (χ0n) is 17.2. The monoisotopic (exact) mass is 481 g/mol. The third kappa shape index (κ3) is 4.18. The maximum Gasteiger partial charge on any atom is 0.263 e. The summed E-state index contributed by atoms with van der Waals surface area (Å²) >= 11 is 0. The molecule has 0 atom stereocenters. The first kappa shape index (κ1) is 23.1. The number of hydrogen-bond donors (Lipinski definition) is 1. The molecule has 174 valence electrons. The smallest absolute Gasteiger partial charge is 0.263 e. The molecule has 0 aliphatic heterocycles. The number of sulfonamides is 1. The van der Waals surface area contributed by atoms with Gasteiger partial charge < -0.3 is 4.57 Å². The Bertz CT molecular complexity index is 1310. The highest BCUT2D eigenvalue weighted by atomic mass is 32.2. The fourth-order valence-corrected chi connectivity index (χ4v) is 4.88. The molecule has 12 heteroatoms. The van der Waals surface area contributed by atoms with Crippen LogP contribution in [0.1, 0.15) is 42.9 Å². The van der Waals surface area contributed by atoms with Crippen LogP contribution in [0.2, 0.25) is 0 Å². The first-order chi connectivity index (χ1) is 15.8. The largest absolute Gasteiger partial charge is 0.334 e. The van der Waals surface area contributed by atoms with Crippen LogP contribution in [0.15, 0.2) is 35.5 Å². The molecule has 7 nitrogen and oxygen atoms in total. The zero-order valence-corrected chi connectivity index (χ0v) is 18.0. The third-order valence-electron chi connectivity index (χ3n) is 5.68. The van der Waals surface area contributed by atoms with E-state index in [1.54, 1.807) is 0 Å². The standard InChI is InChI=1S/C21H19F4N5O2S/c22-7-13(8-23)29-33(31,32)15-10-27-21(28-11-15)19-17(9-26)16-6-12(20(24)25)4-5-18(16)30(19)14-2-1-3-14/h4-6,10-11,13-14,20,29H,1-3,7-8H2. The third-order valence-corrected chi connectivity index (χ3v) is 7.15. The molecule has 2 aromatic heterocycles. The molecule has 0 saturated heterocycles. The first-order valence-corrected chi connectivity index (χ1v) is 11.6. The minimum Gasteiger partial charge on any atom is -0.334 e. The van der Waals surface area contributed by atoms with Crippen molar-refractivity contribution in [3.63, 3.8) is 0 Å². The van der Waals surface area contributed by atoms with Crippen LogP contribution < -0.4 is 4.72 Å². The molecule has 1 aliphatic rings. The number of nitrogens with one attached hydrogen (secondary N) is 1. The average molecular weight is 481 g/mol. The fraction of sp³-hybridized carbons (Fsp3) is 0.381. The highest BCUT2D eigenvalue weighted by Crippen LogP contribution is 2.42. The summed E-state index contributed by atoms with van der Waals surface area (Å²) in [6, 6.07) is 4.67. The van der Waals surface area contributed by atoms with E-state index in [9.17, 15) is 31.2 Å². The summed E-state index contributed by atoms with van der Waals surface area (Å²) in [4.78, 5) is 7.80. The van der Waals surface area contributed by atoms with E-state index >= 15 is 0 Å². The summed E-state index contributed by atoms with van der Waals surface area (Å²) in [6.07, 6.45) is 1.86. The quantitative estimate of drug-likeness (QED) is 0.486. The van der Waals surface area contributed by atoms with Crippen molar-refractivity contribution in [2.24, 2.45) is 0 Å². The minimum absolute atomic E-state index is 0.0190. The minimum atomic E-state index is -4.27. The van der Waals surface area contributed by atoms with Crippen molar-refractivity contribution in [2.75, 3.05) is 13.3 Å². The number of aromatic nitrogens is 3. The number of rotatable bonds is 8. The van der Waals surface area contributed by atoms with Crippen molar-refractivity contribution in [3.8, 4) is 17.6 Å². The van der Waals surface area contributed by atoms with Gasteiger partial charge in [-0.15, -0.1) is 0 Å². The van der Waals surface area contributed by atoms with Gasteiger partial charge in [0.25, 0.3) is 6.43 Å². The molecule has 2 heterocycles. The number of halogens is 4. The number of hydrogen-bond acceptors (Lipinski definition) is 5. The number of nitriles is 1. The van der Waals surface area contributed by atoms with Crippen LogP contribution in [0.4, 0.5) is 17.6 Å². The van der Waals surface area contributed by atoms with E-state index in [0.29, 0.717) is 16.6 Å². The molecule has 33 heavy (non-hydrogen) atoms. The van der Waals surface area contributed by atoms with E-state index in [2.05, 4.69) is 16.0 Å². The van der Waals surface area contributed by atoms with Gasteiger partial charge in [0, 0.05) is 17.0 Å². The zero-order chi connectivity index (χ0) is 23.8. The second-order valence-electron chi connectivity index (χ2n) is 7.74. The first-order valence-electron chi connectivity index (χ1n) is 10.1. The number of alkyl halides is 4. The van der Waals surface area contributed by atoms with Crippen LogP contribution in [-0.2, 0) is 10.0 Å². The van der Waals surface area contributed by atoms with E-state index in [4.69, 9.17) is 0 Å². The van der Waals surface area contributed by atoms with Crippen LogP contribution in [-0.4, -0.2) is 42.3 Å². The number of nitrogens with zero attached hydrogens (tertiary/aromatic N) is 4. The lowest BCUT2D eigenvalue weighted by Crippen LogP contribution is -2.38. The Hall–Kier alpha value is -3.04.